The van der Waals surface area contributed by atoms with Crippen molar-refractivity contribution in [2.24, 2.45) is 0 Å². The van der Waals surface area contributed by atoms with E-state index >= 15 is 0 Å². The highest BCUT2D eigenvalue weighted by Crippen LogP contribution is 2.25. The number of hydrogen-bond donors (Lipinski definition) is 1. The summed E-state index contributed by atoms with van der Waals surface area (Å²) in [6.07, 6.45) is 4.98. The Kier molecular flexibility index (Phi) is 3.60. The van der Waals surface area contributed by atoms with Crippen LogP contribution in [0.5, 0.6) is 0 Å². The van der Waals surface area contributed by atoms with Crippen LogP contribution in [0.25, 0.3) is 11.4 Å². The van der Waals surface area contributed by atoms with Crippen LogP contribution in [0.2, 0.25) is 0 Å². The van der Waals surface area contributed by atoms with Crippen LogP contribution < -0.4 is 5.73 Å². The Hall–Kier alpha value is -1.91. The van der Waals surface area contributed by atoms with Gasteiger partial charge in [0, 0.05) is 6.20 Å². The molecule has 2 N–H and O–H groups in total. The minimum Gasteiger partial charge on any atom is -0.396 e. The van der Waals surface area contributed by atoms with Gasteiger partial charge in [0.2, 0.25) is 0 Å². The van der Waals surface area contributed by atoms with Gasteiger partial charge in [-0.05, 0) is 25.0 Å². The standard InChI is InChI=1S/C13H17FN4/c1-3-10(4-2)18-8-11(15)13(17-18)12-6-5-9(14)7-16-12/h5-8,10H,3-4,15H2,1-2H3. The Morgan fingerprint density at radius 2 is 2.06 bits per heavy atom. The van der Waals surface area contributed by atoms with Crippen molar-refractivity contribution in [3.05, 3.63) is 30.3 Å². The fourth-order valence-corrected chi connectivity index (χ4v) is 1.97. The van der Waals surface area contributed by atoms with Crippen molar-refractivity contribution in [3.8, 4) is 11.4 Å². The quantitative estimate of drug-likeness (QED) is 0.904. The van der Waals surface area contributed by atoms with Gasteiger partial charge in [0.1, 0.15) is 11.5 Å². The van der Waals surface area contributed by atoms with Gasteiger partial charge < -0.3 is 5.73 Å². The first kappa shape index (κ1) is 12.5. The molecule has 0 fully saturated rings. The van der Waals surface area contributed by atoms with Crippen molar-refractivity contribution in [1.82, 2.24) is 14.8 Å². The van der Waals surface area contributed by atoms with Crippen LogP contribution >= 0.6 is 0 Å². The molecule has 2 rings (SSSR count). The molecule has 5 heteroatoms. The smallest absolute Gasteiger partial charge is 0.141 e. The Morgan fingerprint density at radius 1 is 1.33 bits per heavy atom. The van der Waals surface area contributed by atoms with Crippen molar-refractivity contribution in [2.45, 2.75) is 32.7 Å². The summed E-state index contributed by atoms with van der Waals surface area (Å²) < 4.78 is 14.7. The van der Waals surface area contributed by atoms with E-state index in [1.807, 2.05) is 10.9 Å². The molecule has 18 heavy (non-hydrogen) atoms. The average Bonchev–Trinajstić information content (AvgIpc) is 2.74. The summed E-state index contributed by atoms with van der Waals surface area (Å²) in [7, 11) is 0. The lowest BCUT2D eigenvalue weighted by Crippen LogP contribution is -2.07. The summed E-state index contributed by atoms with van der Waals surface area (Å²) in [5, 5.41) is 4.46. The number of aromatic nitrogens is 3. The van der Waals surface area contributed by atoms with E-state index in [4.69, 9.17) is 5.73 Å². The van der Waals surface area contributed by atoms with Crippen molar-refractivity contribution < 1.29 is 4.39 Å². The summed E-state index contributed by atoms with van der Waals surface area (Å²) in [4.78, 5) is 4.00. The highest BCUT2D eigenvalue weighted by Gasteiger charge is 2.14. The number of anilines is 1. The van der Waals surface area contributed by atoms with E-state index in [1.165, 1.54) is 12.3 Å². The highest BCUT2D eigenvalue weighted by atomic mass is 19.1. The third-order valence-corrected chi connectivity index (χ3v) is 3.05. The van der Waals surface area contributed by atoms with E-state index in [2.05, 4.69) is 23.9 Å². The molecule has 0 saturated heterocycles. The van der Waals surface area contributed by atoms with Gasteiger partial charge in [-0.25, -0.2) is 4.39 Å². The second kappa shape index (κ2) is 5.16. The minimum absolute atomic E-state index is 0.335. The van der Waals surface area contributed by atoms with Crippen LogP contribution in [0.15, 0.2) is 24.5 Å². The van der Waals surface area contributed by atoms with Crippen molar-refractivity contribution in [1.29, 1.82) is 0 Å². The molecule has 0 aliphatic heterocycles. The fraction of sp³-hybridized carbons (Fsp3) is 0.385. The molecule has 2 aromatic heterocycles. The van der Waals surface area contributed by atoms with Gasteiger partial charge in [-0.15, -0.1) is 0 Å². The lowest BCUT2D eigenvalue weighted by molar-refractivity contribution is 0.429. The molecule has 0 aliphatic rings. The minimum atomic E-state index is -0.364. The number of hydrogen-bond acceptors (Lipinski definition) is 3. The fourth-order valence-electron chi connectivity index (χ4n) is 1.97. The first-order valence-electron chi connectivity index (χ1n) is 6.12. The third kappa shape index (κ3) is 2.34. The number of halogens is 1. The van der Waals surface area contributed by atoms with Gasteiger partial charge in [-0.2, -0.15) is 5.10 Å². The maximum absolute atomic E-state index is 12.8. The van der Waals surface area contributed by atoms with E-state index in [0.29, 0.717) is 23.1 Å². The summed E-state index contributed by atoms with van der Waals surface area (Å²) in [6.45, 7) is 4.23. The van der Waals surface area contributed by atoms with Crippen molar-refractivity contribution >= 4 is 5.69 Å². The Bertz CT molecular complexity index is 514. The second-order valence-electron chi connectivity index (χ2n) is 4.25. The largest absolute Gasteiger partial charge is 0.396 e. The van der Waals surface area contributed by atoms with Crippen LogP contribution in [-0.2, 0) is 0 Å². The zero-order valence-electron chi connectivity index (χ0n) is 10.6. The molecular weight excluding hydrogens is 231 g/mol. The van der Waals surface area contributed by atoms with Crippen molar-refractivity contribution in [2.75, 3.05) is 5.73 Å². The second-order valence-corrected chi connectivity index (χ2v) is 4.25. The molecule has 2 heterocycles. The van der Waals surface area contributed by atoms with E-state index in [9.17, 15) is 4.39 Å². The third-order valence-electron chi connectivity index (χ3n) is 3.05. The summed E-state index contributed by atoms with van der Waals surface area (Å²) in [6, 6.07) is 3.28. The van der Waals surface area contributed by atoms with Crippen LogP contribution in [0.4, 0.5) is 10.1 Å². The average molecular weight is 248 g/mol. The molecule has 96 valence electrons. The molecule has 2 aromatic rings. The molecule has 0 bridgehead atoms. The van der Waals surface area contributed by atoms with Crippen LogP contribution in [0.3, 0.4) is 0 Å². The summed E-state index contributed by atoms with van der Waals surface area (Å²) >= 11 is 0. The lowest BCUT2D eigenvalue weighted by Gasteiger charge is -2.12. The first-order chi connectivity index (χ1) is 8.65. The maximum Gasteiger partial charge on any atom is 0.141 e. The van der Waals surface area contributed by atoms with E-state index in [-0.39, 0.29) is 5.82 Å². The number of rotatable bonds is 4. The zero-order chi connectivity index (χ0) is 13.1. The van der Waals surface area contributed by atoms with Gasteiger partial charge >= 0.3 is 0 Å². The molecule has 0 aliphatic carbocycles. The topological polar surface area (TPSA) is 56.7 Å². The summed E-state index contributed by atoms with van der Waals surface area (Å²) in [5.74, 6) is -0.364. The zero-order valence-corrected chi connectivity index (χ0v) is 10.6. The SMILES string of the molecule is CCC(CC)n1cc(N)c(-c2ccc(F)cn2)n1. The number of pyridine rings is 1. The molecule has 0 atom stereocenters. The molecular formula is C13H17FN4. The van der Waals surface area contributed by atoms with Crippen LogP contribution in [0, 0.1) is 5.82 Å². The normalized spacial score (nSPS) is 11.1. The van der Waals surface area contributed by atoms with Crippen LogP contribution in [-0.4, -0.2) is 14.8 Å². The van der Waals surface area contributed by atoms with Gasteiger partial charge in [0.25, 0.3) is 0 Å². The predicted octanol–water partition coefficient (Wildman–Crippen LogP) is 3.03. The molecule has 0 saturated carbocycles. The van der Waals surface area contributed by atoms with E-state index in [1.54, 1.807) is 6.07 Å². The van der Waals surface area contributed by atoms with Gasteiger partial charge in [-0.1, -0.05) is 13.8 Å². The predicted molar refractivity (Wildman–Crippen MR) is 69.4 cm³/mol. The molecule has 0 unspecified atom stereocenters. The monoisotopic (exact) mass is 248 g/mol. The number of nitrogens with two attached hydrogens (primary N) is 1. The van der Waals surface area contributed by atoms with Gasteiger partial charge in [0.15, 0.2) is 0 Å². The van der Waals surface area contributed by atoms with Crippen molar-refractivity contribution in [3.63, 3.8) is 0 Å². The van der Waals surface area contributed by atoms with E-state index < -0.39 is 0 Å². The molecule has 0 aromatic carbocycles. The maximum atomic E-state index is 12.8. The molecule has 0 spiro atoms. The molecule has 4 nitrogen and oxygen atoms in total. The highest BCUT2D eigenvalue weighted by molar-refractivity contribution is 5.68. The van der Waals surface area contributed by atoms with Crippen LogP contribution in [0.1, 0.15) is 32.7 Å². The van der Waals surface area contributed by atoms with Gasteiger partial charge in [-0.3, -0.25) is 9.67 Å². The molecule has 0 radical (unpaired) electrons. The Labute approximate surface area is 106 Å². The van der Waals surface area contributed by atoms with Gasteiger partial charge in [0.05, 0.1) is 23.6 Å². The first-order valence-corrected chi connectivity index (χ1v) is 6.12. The number of nitrogen functional groups attached to an aromatic ring is 1. The van der Waals surface area contributed by atoms with E-state index in [0.717, 1.165) is 12.8 Å². The molecule has 0 amide bonds. The summed E-state index contributed by atoms with van der Waals surface area (Å²) in [5.41, 5.74) is 7.72. The Morgan fingerprint density at radius 3 is 2.61 bits per heavy atom. The number of nitrogens with zero attached hydrogens (tertiary/aromatic N) is 3. The lowest BCUT2D eigenvalue weighted by atomic mass is 10.2. The Balaban J connectivity index is 2.37.